The Morgan fingerprint density at radius 1 is 1.20 bits per heavy atom. The number of benzene rings is 1. The first kappa shape index (κ1) is 13.1. The normalized spacial score (nSPS) is 13.0. The molecule has 2 aromatic rings. The Kier molecular flexibility index (Phi) is 3.92. The standard InChI is InChI=1S/C16H17NO2S/c1-2-7-17(12-14-4-3-10-20-14)13-5-6-15-16(11-13)19-9-8-18-15/h2-6,10-11H,1,7-9,12H2. The number of ether oxygens (including phenoxy) is 2. The predicted octanol–water partition coefficient (Wildman–Crippen LogP) is 3.71. The molecule has 0 radical (unpaired) electrons. The molecule has 0 amide bonds. The van der Waals surface area contributed by atoms with Gasteiger partial charge in [-0.05, 0) is 23.6 Å². The van der Waals surface area contributed by atoms with Crippen molar-refractivity contribution in [1.82, 2.24) is 0 Å². The van der Waals surface area contributed by atoms with Gasteiger partial charge >= 0.3 is 0 Å². The molecule has 0 saturated carbocycles. The summed E-state index contributed by atoms with van der Waals surface area (Å²) in [5.74, 6) is 1.66. The smallest absolute Gasteiger partial charge is 0.163 e. The van der Waals surface area contributed by atoms with Crippen molar-refractivity contribution in [2.24, 2.45) is 0 Å². The molecule has 0 saturated heterocycles. The van der Waals surface area contributed by atoms with Crippen LogP contribution in [0.2, 0.25) is 0 Å². The van der Waals surface area contributed by atoms with E-state index in [1.165, 1.54) is 4.88 Å². The summed E-state index contributed by atoms with van der Waals surface area (Å²) in [6.45, 7) is 6.77. The van der Waals surface area contributed by atoms with Crippen molar-refractivity contribution >= 4 is 17.0 Å². The molecule has 3 nitrogen and oxygen atoms in total. The monoisotopic (exact) mass is 287 g/mol. The Labute approximate surface area is 123 Å². The number of rotatable bonds is 5. The zero-order valence-electron chi connectivity index (χ0n) is 11.2. The van der Waals surface area contributed by atoms with Crippen LogP contribution in [0.1, 0.15) is 4.88 Å². The molecule has 0 aliphatic carbocycles. The fraction of sp³-hybridized carbons (Fsp3) is 0.250. The van der Waals surface area contributed by atoms with Crippen molar-refractivity contribution < 1.29 is 9.47 Å². The lowest BCUT2D eigenvalue weighted by molar-refractivity contribution is 0.171. The number of anilines is 1. The van der Waals surface area contributed by atoms with E-state index >= 15 is 0 Å². The van der Waals surface area contributed by atoms with E-state index in [0.717, 1.165) is 30.3 Å². The van der Waals surface area contributed by atoms with Gasteiger partial charge in [-0.3, -0.25) is 0 Å². The second kappa shape index (κ2) is 6.01. The summed E-state index contributed by atoms with van der Waals surface area (Å²) in [6.07, 6.45) is 1.92. The number of fused-ring (bicyclic) bond motifs is 1. The van der Waals surface area contributed by atoms with E-state index in [1.807, 2.05) is 18.2 Å². The fourth-order valence-electron chi connectivity index (χ4n) is 2.24. The van der Waals surface area contributed by atoms with E-state index in [9.17, 15) is 0 Å². The molecule has 1 aliphatic rings. The van der Waals surface area contributed by atoms with Gasteiger partial charge in [0.1, 0.15) is 13.2 Å². The molecule has 0 N–H and O–H groups in total. The first-order valence-electron chi connectivity index (χ1n) is 6.64. The van der Waals surface area contributed by atoms with E-state index in [2.05, 4.69) is 35.1 Å². The summed E-state index contributed by atoms with van der Waals surface area (Å²) >= 11 is 1.77. The lowest BCUT2D eigenvalue weighted by atomic mass is 10.2. The highest BCUT2D eigenvalue weighted by molar-refractivity contribution is 7.09. The van der Waals surface area contributed by atoms with Crippen molar-refractivity contribution in [2.45, 2.75) is 6.54 Å². The molecule has 4 heteroatoms. The summed E-state index contributed by atoms with van der Waals surface area (Å²) < 4.78 is 11.2. The van der Waals surface area contributed by atoms with Crippen molar-refractivity contribution in [2.75, 3.05) is 24.7 Å². The second-order valence-corrected chi connectivity index (χ2v) is 5.61. The number of hydrogen-bond acceptors (Lipinski definition) is 4. The third-order valence-electron chi connectivity index (χ3n) is 3.17. The van der Waals surface area contributed by atoms with Crippen LogP contribution in [0.4, 0.5) is 5.69 Å². The van der Waals surface area contributed by atoms with Crippen LogP contribution in [-0.2, 0) is 6.54 Å². The topological polar surface area (TPSA) is 21.7 Å². The summed E-state index contributed by atoms with van der Waals surface area (Å²) in [5, 5.41) is 2.10. The summed E-state index contributed by atoms with van der Waals surface area (Å²) in [4.78, 5) is 3.61. The van der Waals surface area contributed by atoms with Gasteiger partial charge in [0.15, 0.2) is 11.5 Å². The van der Waals surface area contributed by atoms with Gasteiger partial charge < -0.3 is 14.4 Å². The first-order valence-corrected chi connectivity index (χ1v) is 7.52. The number of thiophene rings is 1. The molecule has 0 unspecified atom stereocenters. The third kappa shape index (κ3) is 2.80. The van der Waals surface area contributed by atoms with Gasteiger partial charge in [-0.2, -0.15) is 0 Å². The maximum atomic E-state index is 5.65. The Hall–Kier alpha value is -1.94. The Balaban J connectivity index is 1.84. The molecule has 1 aliphatic heterocycles. The Morgan fingerprint density at radius 3 is 2.80 bits per heavy atom. The van der Waals surface area contributed by atoms with Gasteiger partial charge in [-0.25, -0.2) is 0 Å². The van der Waals surface area contributed by atoms with Gasteiger partial charge in [-0.15, -0.1) is 17.9 Å². The molecule has 2 heterocycles. The van der Waals surface area contributed by atoms with E-state index < -0.39 is 0 Å². The van der Waals surface area contributed by atoms with Crippen molar-refractivity contribution in [3.05, 3.63) is 53.2 Å². The molecule has 1 aromatic heterocycles. The molecule has 0 fully saturated rings. The minimum Gasteiger partial charge on any atom is -0.486 e. The zero-order chi connectivity index (χ0) is 13.8. The number of nitrogens with zero attached hydrogens (tertiary/aromatic N) is 1. The van der Waals surface area contributed by atoms with Gasteiger partial charge in [0.05, 0.1) is 6.54 Å². The van der Waals surface area contributed by atoms with E-state index in [1.54, 1.807) is 11.3 Å². The van der Waals surface area contributed by atoms with Crippen LogP contribution in [-0.4, -0.2) is 19.8 Å². The fourth-order valence-corrected chi connectivity index (χ4v) is 2.96. The SMILES string of the molecule is C=CCN(Cc1cccs1)c1ccc2c(c1)OCCO2. The average Bonchev–Trinajstić information content (AvgIpc) is 2.99. The minimum absolute atomic E-state index is 0.614. The van der Waals surface area contributed by atoms with Crippen molar-refractivity contribution in [3.63, 3.8) is 0 Å². The maximum absolute atomic E-state index is 5.65. The first-order chi connectivity index (χ1) is 9.86. The van der Waals surface area contributed by atoms with Crippen LogP contribution in [0.5, 0.6) is 11.5 Å². The van der Waals surface area contributed by atoms with Crippen molar-refractivity contribution in [3.8, 4) is 11.5 Å². The van der Waals surface area contributed by atoms with Gasteiger partial charge in [0.2, 0.25) is 0 Å². The molecule has 20 heavy (non-hydrogen) atoms. The van der Waals surface area contributed by atoms with Gasteiger partial charge in [0, 0.05) is 23.2 Å². The second-order valence-electron chi connectivity index (χ2n) is 4.58. The highest BCUT2D eigenvalue weighted by atomic mass is 32.1. The molecule has 104 valence electrons. The molecule has 0 spiro atoms. The Morgan fingerprint density at radius 2 is 2.05 bits per heavy atom. The van der Waals surface area contributed by atoms with Crippen LogP contribution in [0.3, 0.4) is 0 Å². The lowest BCUT2D eigenvalue weighted by Crippen LogP contribution is -2.22. The van der Waals surface area contributed by atoms with Crippen LogP contribution >= 0.6 is 11.3 Å². The van der Waals surface area contributed by atoms with Crippen LogP contribution in [0, 0.1) is 0 Å². The van der Waals surface area contributed by atoms with E-state index in [0.29, 0.717) is 13.2 Å². The van der Waals surface area contributed by atoms with Crippen LogP contribution in [0.25, 0.3) is 0 Å². The molecular formula is C16H17NO2S. The largest absolute Gasteiger partial charge is 0.486 e. The molecular weight excluding hydrogens is 270 g/mol. The molecule has 0 bridgehead atoms. The zero-order valence-corrected chi connectivity index (χ0v) is 12.1. The van der Waals surface area contributed by atoms with Gasteiger partial charge in [0.25, 0.3) is 0 Å². The summed E-state index contributed by atoms with van der Waals surface area (Å²) in [5.41, 5.74) is 1.13. The third-order valence-corrected chi connectivity index (χ3v) is 4.03. The quantitative estimate of drug-likeness (QED) is 0.782. The number of hydrogen-bond donors (Lipinski definition) is 0. The molecule has 1 aromatic carbocycles. The molecule has 3 rings (SSSR count). The summed E-state index contributed by atoms with van der Waals surface area (Å²) in [6, 6.07) is 10.3. The Bertz CT molecular complexity index is 580. The lowest BCUT2D eigenvalue weighted by Gasteiger charge is -2.25. The van der Waals surface area contributed by atoms with E-state index in [4.69, 9.17) is 9.47 Å². The predicted molar refractivity (Wildman–Crippen MR) is 83.0 cm³/mol. The van der Waals surface area contributed by atoms with Crippen LogP contribution < -0.4 is 14.4 Å². The molecule has 0 atom stereocenters. The van der Waals surface area contributed by atoms with Crippen molar-refractivity contribution in [1.29, 1.82) is 0 Å². The highest BCUT2D eigenvalue weighted by Gasteiger charge is 2.14. The summed E-state index contributed by atoms with van der Waals surface area (Å²) in [7, 11) is 0. The van der Waals surface area contributed by atoms with Crippen LogP contribution in [0.15, 0.2) is 48.4 Å². The average molecular weight is 287 g/mol. The maximum Gasteiger partial charge on any atom is 0.163 e. The van der Waals surface area contributed by atoms with E-state index in [-0.39, 0.29) is 0 Å². The van der Waals surface area contributed by atoms with Gasteiger partial charge in [-0.1, -0.05) is 12.1 Å². The minimum atomic E-state index is 0.614. The highest BCUT2D eigenvalue weighted by Crippen LogP contribution is 2.34.